The maximum atomic E-state index is 14.1. The summed E-state index contributed by atoms with van der Waals surface area (Å²) in [7, 11) is -3.88. The van der Waals surface area contributed by atoms with Gasteiger partial charge in [-0.05, 0) is 24.3 Å². The van der Waals surface area contributed by atoms with Crippen molar-refractivity contribution in [2.24, 2.45) is 0 Å². The van der Waals surface area contributed by atoms with Gasteiger partial charge in [-0.2, -0.15) is 0 Å². The van der Waals surface area contributed by atoms with Crippen LogP contribution in [0, 0.1) is 5.82 Å². The van der Waals surface area contributed by atoms with E-state index in [0.29, 0.717) is 0 Å². The van der Waals surface area contributed by atoms with E-state index in [1.165, 1.54) is 42.7 Å². The van der Waals surface area contributed by atoms with Gasteiger partial charge >= 0.3 is 0 Å². The summed E-state index contributed by atoms with van der Waals surface area (Å²) < 4.78 is 40.3. The van der Waals surface area contributed by atoms with Gasteiger partial charge < -0.3 is 0 Å². The van der Waals surface area contributed by atoms with Gasteiger partial charge in [-0.15, -0.1) is 0 Å². The van der Waals surface area contributed by atoms with Crippen LogP contribution in [0.4, 0.5) is 4.39 Å². The largest absolute Gasteiger partial charge is 0.269 e. The Balaban J connectivity index is 2.23. The summed E-state index contributed by atoms with van der Waals surface area (Å²) in [6.07, 6.45) is 2.55. The minimum absolute atomic E-state index is 0.0475. The van der Waals surface area contributed by atoms with Gasteiger partial charge in [0, 0.05) is 12.4 Å². The number of imidazole rings is 1. The molecular weight excluding hydrogens is 327 g/mol. The number of halogens is 2. The molecule has 3 aromatic rings. The summed E-state index contributed by atoms with van der Waals surface area (Å²) in [6.45, 7) is 0. The molecule has 7 heteroatoms. The molecule has 0 unspecified atom stereocenters. The zero-order chi connectivity index (χ0) is 15.7. The van der Waals surface area contributed by atoms with Crippen molar-refractivity contribution in [3.63, 3.8) is 0 Å². The van der Waals surface area contributed by atoms with E-state index in [0.717, 1.165) is 3.97 Å². The third-order valence-corrected chi connectivity index (χ3v) is 5.09. The highest BCUT2D eigenvalue weighted by Gasteiger charge is 2.23. The summed E-state index contributed by atoms with van der Waals surface area (Å²) >= 11 is 6.00. The van der Waals surface area contributed by atoms with Gasteiger partial charge in [-0.3, -0.25) is 0 Å². The third-order valence-electron chi connectivity index (χ3n) is 3.09. The molecule has 112 valence electrons. The quantitative estimate of drug-likeness (QED) is 0.734. The van der Waals surface area contributed by atoms with Crippen LogP contribution in [0.25, 0.3) is 11.4 Å². The molecular formula is C15H10ClFN2O2S. The summed E-state index contributed by atoms with van der Waals surface area (Å²) in [5.74, 6) is -0.699. The molecule has 0 radical (unpaired) electrons. The van der Waals surface area contributed by atoms with E-state index >= 15 is 0 Å². The van der Waals surface area contributed by atoms with Gasteiger partial charge in [-0.1, -0.05) is 35.9 Å². The molecule has 0 spiro atoms. The third kappa shape index (κ3) is 2.40. The summed E-state index contributed by atoms with van der Waals surface area (Å²) in [6, 6.07) is 12.0. The maximum absolute atomic E-state index is 14.1. The van der Waals surface area contributed by atoms with Crippen LogP contribution < -0.4 is 0 Å². The van der Waals surface area contributed by atoms with Gasteiger partial charge in [0.15, 0.2) is 5.82 Å². The van der Waals surface area contributed by atoms with Crippen LogP contribution in [0.2, 0.25) is 5.02 Å². The van der Waals surface area contributed by atoms with Crippen LogP contribution in [-0.4, -0.2) is 17.4 Å². The fourth-order valence-corrected chi connectivity index (χ4v) is 3.63. The minimum Gasteiger partial charge on any atom is -0.236 e. The number of hydrogen-bond acceptors (Lipinski definition) is 3. The molecule has 2 aromatic carbocycles. The Morgan fingerprint density at radius 1 is 1.05 bits per heavy atom. The van der Waals surface area contributed by atoms with Crippen molar-refractivity contribution in [3.8, 4) is 11.4 Å². The molecule has 0 aliphatic carbocycles. The number of nitrogens with zero attached hydrogens (tertiary/aromatic N) is 2. The van der Waals surface area contributed by atoms with E-state index in [9.17, 15) is 12.8 Å². The molecule has 1 heterocycles. The number of rotatable bonds is 3. The van der Waals surface area contributed by atoms with Crippen molar-refractivity contribution in [1.29, 1.82) is 0 Å². The Morgan fingerprint density at radius 3 is 2.45 bits per heavy atom. The van der Waals surface area contributed by atoms with Gasteiger partial charge in [0.25, 0.3) is 10.0 Å². The fourth-order valence-electron chi connectivity index (χ4n) is 2.08. The van der Waals surface area contributed by atoms with E-state index in [-0.39, 0.29) is 21.3 Å². The first-order chi connectivity index (χ1) is 10.5. The van der Waals surface area contributed by atoms with Gasteiger partial charge in [0.2, 0.25) is 0 Å². The Labute approximate surface area is 131 Å². The SMILES string of the molecule is O=S(=O)(c1ccccc1)n1ccnc1-c1c(F)cccc1Cl. The zero-order valence-corrected chi connectivity index (χ0v) is 12.7. The highest BCUT2D eigenvalue weighted by atomic mass is 35.5. The first-order valence-corrected chi connectivity index (χ1v) is 8.12. The maximum Gasteiger partial charge on any atom is 0.269 e. The molecule has 0 amide bonds. The molecule has 0 bridgehead atoms. The zero-order valence-electron chi connectivity index (χ0n) is 11.1. The summed E-state index contributed by atoms with van der Waals surface area (Å²) in [5, 5.41) is 0.0933. The summed E-state index contributed by atoms with van der Waals surface area (Å²) in [5.41, 5.74) is -0.0475. The average molecular weight is 337 g/mol. The molecule has 0 saturated heterocycles. The van der Waals surface area contributed by atoms with Crippen molar-refractivity contribution in [2.75, 3.05) is 0 Å². The van der Waals surface area contributed by atoms with Gasteiger partial charge in [-0.25, -0.2) is 21.8 Å². The lowest BCUT2D eigenvalue weighted by molar-refractivity contribution is 0.587. The van der Waals surface area contributed by atoms with Crippen molar-refractivity contribution >= 4 is 21.6 Å². The van der Waals surface area contributed by atoms with Crippen molar-refractivity contribution in [2.45, 2.75) is 4.90 Å². The Morgan fingerprint density at radius 2 is 1.77 bits per heavy atom. The van der Waals surface area contributed by atoms with Crippen LogP contribution in [0.15, 0.2) is 65.8 Å². The highest BCUT2D eigenvalue weighted by molar-refractivity contribution is 7.90. The fraction of sp³-hybridized carbons (Fsp3) is 0. The van der Waals surface area contributed by atoms with Crippen LogP contribution in [-0.2, 0) is 10.0 Å². The van der Waals surface area contributed by atoms with Crippen LogP contribution >= 0.6 is 11.6 Å². The number of aromatic nitrogens is 2. The molecule has 4 nitrogen and oxygen atoms in total. The first-order valence-electron chi connectivity index (χ1n) is 6.30. The van der Waals surface area contributed by atoms with Crippen molar-refractivity contribution in [3.05, 3.63) is 71.8 Å². The van der Waals surface area contributed by atoms with Crippen LogP contribution in [0.3, 0.4) is 0 Å². The highest BCUT2D eigenvalue weighted by Crippen LogP contribution is 2.31. The van der Waals surface area contributed by atoms with Gasteiger partial charge in [0.1, 0.15) is 5.82 Å². The normalized spacial score (nSPS) is 11.5. The van der Waals surface area contributed by atoms with E-state index in [2.05, 4.69) is 4.98 Å². The monoisotopic (exact) mass is 336 g/mol. The molecule has 0 atom stereocenters. The van der Waals surface area contributed by atoms with Gasteiger partial charge in [0.05, 0.1) is 15.5 Å². The molecule has 0 saturated carbocycles. The lowest BCUT2D eigenvalue weighted by Gasteiger charge is -2.10. The van der Waals surface area contributed by atoms with E-state index < -0.39 is 15.8 Å². The van der Waals surface area contributed by atoms with Crippen molar-refractivity contribution < 1.29 is 12.8 Å². The lowest BCUT2D eigenvalue weighted by Crippen LogP contribution is -2.14. The van der Waals surface area contributed by atoms with Crippen LogP contribution in [0.1, 0.15) is 0 Å². The predicted octanol–water partition coefficient (Wildman–Crippen LogP) is 3.58. The Kier molecular flexibility index (Phi) is 3.72. The molecule has 3 rings (SSSR count). The number of hydrogen-bond donors (Lipinski definition) is 0. The Bertz CT molecular complexity index is 903. The number of benzene rings is 2. The topological polar surface area (TPSA) is 52.0 Å². The molecule has 22 heavy (non-hydrogen) atoms. The first kappa shape index (κ1) is 14.7. The molecule has 0 N–H and O–H groups in total. The molecule has 0 aliphatic heterocycles. The molecule has 0 aliphatic rings. The lowest BCUT2D eigenvalue weighted by atomic mass is 10.2. The van der Waals surface area contributed by atoms with E-state index in [1.54, 1.807) is 18.2 Å². The molecule has 0 fully saturated rings. The molecule has 1 aromatic heterocycles. The second kappa shape index (κ2) is 5.55. The predicted molar refractivity (Wildman–Crippen MR) is 81.7 cm³/mol. The second-order valence-electron chi connectivity index (χ2n) is 4.46. The van der Waals surface area contributed by atoms with E-state index in [1.807, 2.05) is 0 Å². The summed E-state index contributed by atoms with van der Waals surface area (Å²) in [4.78, 5) is 4.04. The minimum atomic E-state index is -3.88. The average Bonchev–Trinajstić information content (AvgIpc) is 2.98. The smallest absolute Gasteiger partial charge is 0.236 e. The standard InChI is InChI=1S/C15H10ClFN2O2S/c16-12-7-4-8-13(17)14(12)15-18-9-10-19(15)22(20,21)11-5-2-1-3-6-11/h1-10H. The Hall–Kier alpha value is -2.18. The second-order valence-corrected chi connectivity index (χ2v) is 6.68. The van der Waals surface area contributed by atoms with Crippen molar-refractivity contribution in [1.82, 2.24) is 8.96 Å². The van der Waals surface area contributed by atoms with E-state index in [4.69, 9.17) is 11.6 Å². The van der Waals surface area contributed by atoms with Crippen LogP contribution in [0.5, 0.6) is 0 Å².